The maximum absolute atomic E-state index is 11.4. The third kappa shape index (κ3) is 2.65. The Morgan fingerprint density at radius 2 is 2.35 bits per heavy atom. The van der Waals surface area contributed by atoms with Crippen molar-refractivity contribution >= 4 is 5.97 Å². The molecule has 1 unspecified atom stereocenters. The van der Waals surface area contributed by atoms with Crippen LogP contribution in [-0.2, 0) is 14.3 Å². The molecule has 0 radical (unpaired) electrons. The van der Waals surface area contributed by atoms with Gasteiger partial charge < -0.3 is 14.6 Å². The SMILES string of the molecule is CCOC(=O)C(O)c1cccc(C2COC2)c1. The Morgan fingerprint density at radius 3 is 2.94 bits per heavy atom. The topological polar surface area (TPSA) is 55.8 Å². The number of ether oxygens (including phenoxy) is 2. The van der Waals surface area contributed by atoms with Crippen molar-refractivity contribution in [3.05, 3.63) is 35.4 Å². The van der Waals surface area contributed by atoms with Crippen LogP contribution in [-0.4, -0.2) is 30.9 Å². The molecular weight excluding hydrogens is 220 g/mol. The Balaban J connectivity index is 2.11. The molecule has 1 aromatic carbocycles. The zero-order chi connectivity index (χ0) is 12.3. The standard InChI is InChI=1S/C13H16O4/c1-2-17-13(15)12(14)10-5-3-4-9(6-10)11-7-16-8-11/h3-6,11-12,14H,2,7-8H2,1H3. The molecule has 92 valence electrons. The Morgan fingerprint density at radius 1 is 1.59 bits per heavy atom. The summed E-state index contributed by atoms with van der Waals surface area (Å²) in [6, 6.07) is 7.39. The van der Waals surface area contributed by atoms with Gasteiger partial charge in [0.05, 0.1) is 19.8 Å². The molecule has 0 aromatic heterocycles. The van der Waals surface area contributed by atoms with Gasteiger partial charge in [-0.25, -0.2) is 4.79 Å². The van der Waals surface area contributed by atoms with E-state index >= 15 is 0 Å². The van der Waals surface area contributed by atoms with Crippen molar-refractivity contribution < 1.29 is 19.4 Å². The highest BCUT2D eigenvalue weighted by atomic mass is 16.5. The molecule has 0 bridgehead atoms. The quantitative estimate of drug-likeness (QED) is 0.803. The first kappa shape index (κ1) is 12.1. The van der Waals surface area contributed by atoms with E-state index in [-0.39, 0.29) is 6.61 Å². The highest BCUT2D eigenvalue weighted by Gasteiger charge is 2.23. The molecule has 4 nitrogen and oxygen atoms in total. The van der Waals surface area contributed by atoms with Crippen LogP contribution in [0.5, 0.6) is 0 Å². The van der Waals surface area contributed by atoms with E-state index in [9.17, 15) is 9.90 Å². The van der Waals surface area contributed by atoms with E-state index in [2.05, 4.69) is 0 Å². The largest absolute Gasteiger partial charge is 0.464 e. The fraction of sp³-hybridized carbons (Fsp3) is 0.462. The summed E-state index contributed by atoms with van der Waals surface area (Å²) in [7, 11) is 0. The molecule has 1 aliphatic heterocycles. The monoisotopic (exact) mass is 236 g/mol. The van der Waals surface area contributed by atoms with E-state index in [0.717, 1.165) is 5.56 Å². The van der Waals surface area contributed by atoms with Crippen LogP contribution in [0.15, 0.2) is 24.3 Å². The van der Waals surface area contributed by atoms with E-state index in [1.54, 1.807) is 13.0 Å². The summed E-state index contributed by atoms with van der Waals surface area (Å²) in [5.41, 5.74) is 1.67. The number of esters is 1. The van der Waals surface area contributed by atoms with E-state index in [0.29, 0.717) is 24.7 Å². The predicted molar refractivity (Wildman–Crippen MR) is 61.6 cm³/mol. The maximum Gasteiger partial charge on any atom is 0.339 e. The van der Waals surface area contributed by atoms with Crippen molar-refractivity contribution in [2.24, 2.45) is 0 Å². The van der Waals surface area contributed by atoms with Gasteiger partial charge in [0.25, 0.3) is 0 Å². The van der Waals surface area contributed by atoms with Gasteiger partial charge in [0.2, 0.25) is 0 Å². The maximum atomic E-state index is 11.4. The lowest BCUT2D eigenvalue weighted by atomic mass is 9.94. The lowest BCUT2D eigenvalue weighted by molar-refractivity contribution is -0.153. The highest BCUT2D eigenvalue weighted by molar-refractivity contribution is 5.76. The summed E-state index contributed by atoms with van der Waals surface area (Å²) in [5.74, 6) is -0.223. The minimum atomic E-state index is -1.20. The summed E-state index contributed by atoms with van der Waals surface area (Å²) in [6.45, 7) is 3.40. The van der Waals surface area contributed by atoms with Gasteiger partial charge in [-0.05, 0) is 18.1 Å². The van der Waals surface area contributed by atoms with Crippen molar-refractivity contribution in [1.29, 1.82) is 0 Å². The van der Waals surface area contributed by atoms with E-state index in [1.165, 1.54) is 0 Å². The van der Waals surface area contributed by atoms with Crippen LogP contribution < -0.4 is 0 Å². The first-order chi connectivity index (χ1) is 8.22. The molecule has 1 saturated heterocycles. The molecular formula is C13H16O4. The van der Waals surface area contributed by atoms with Crippen LogP contribution in [0.2, 0.25) is 0 Å². The molecule has 2 rings (SSSR count). The Bertz CT molecular complexity index is 398. The fourth-order valence-corrected chi connectivity index (χ4v) is 1.77. The molecule has 0 saturated carbocycles. The average molecular weight is 236 g/mol. The van der Waals surface area contributed by atoms with Crippen LogP contribution in [0.4, 0.5) is 0 Å². The van der Waals surface area contributed by atoms with Crippen LogP contribution in [0.3, 0.4) is 0 Å². The van der Waals surface area contributed by atoms with Gasteiger partial charge in [-0.1, -0.05) is 24.3 Å². The van der Waals surface area contributed by atoms with Gasteiger partial charge >= 0.3 is 5.97 Å². The van der Waals surface area contributed by atoms with Crippen LogP contribution in [0.25, 0.3) is 0 Å². The minimum absolute atomic E-state index is 0.270. The third-order valence-corrected chi connectivity index (χ3v) is 2.85. The minimum Gasteiger partial charge on any atom is -0.464 e. The molecule has 1 heterocycles. The van der Waals surface area contributed by atoms with E-state index < -0.39 is 12.1 Å². The summed E-state index contributed by atoms with van der Waals surface area (Å²) in [4.78, 5) is 11.4. The van der Waals surface area contributed by atoms with Gasteiger partial charge in [-0.2, -0.15) is 0 Å². The second kappa shape index (κ2) is 5.29. The number of rotatable bonds is 4. The van der Waals surface area contributed by atoms with Crippen LogP contribution >= 0.6 is 0 Å². The molecule has 17 heavy (non-hydrogen) atoms. The lowest BCUT2D eigenvalue weighted by Gasteiger charge is -2.26. The summed E-state index contributed by atoms with van der Waals surface area (Å²) in [5, 5.41) is 9.81. The van der Waals surface area contributed by atoms with E-state index in [1.807, 2.05) is 18.2 Å². The second-order valence-electron chi connectivity index (χ2n) is 4.06. The number of carbonyl (C=O) groups is 1. The molecule has 4 heteroatoms. The first-order valence-electron chi connectivity index (χ1n) is 5.74. The normalized spacial score (nSPS) is 17.3. The third-order valence-electron chi connectivity index (χ3n) is 2.85. The Labute approximate surface area is 100 Å². The second-order valence-corrected chi connectivity index (χ2v) is 4.06. The molecule has 1 atom stereocenters. The zero-order valence-corrected chi connectivity index (χ0v) is 9.76. The van der Waals surface area contributed by atoms with Gasteiger partial charge in [0, 0.05) is 5.92 Å². The molecule has 1 aromatic rings. The number of hydrogen-bond donors (Lipinski definition) is 1. The highest BCUT2D eigenvalue weighted by Crippen LogP contribution is 2.26. The predicted octanol–water partition coefficient (Wildman–Crippen LogP) is 1.40. The molecule has 0 aliphatic carbocycles. The molecule has 1 N–H and O–H groups in total. The Hall–Kier alpha value is -1.39. The molecule has 1 fully saturated rings. The van der Waals surface area contributed by atoms with Gasteiger partial charge in [-0.3, -0.25) is 0 Å². The molecule has 1 aliphatic rings. The van der Waals surface area contributed by atoms with Gasteiger partial charge in [0.15, 0.2) is 6.10 Å². The van der Waals surface area contributed by atoms with Crippen molar-refractivity contribution in [2.75, 3.05) is 19.8 Å². The fourth-order valence-electron chi connectivity index (χ4n) is 1.77. The summed E-state index contributed by atoms with van der Waals surface area (Å²) < 4.78 is 9.91. The van der Waals surface area contributed by atoms with Crippen LogP contribution in [0.1, 0.15) is 30.1 Å². The Kier molecular flexibility index (Phi) is 3.76. The van der Waals surface area contributed by atoms with Gasteiger partial charge in [-0.15, -0.1) is 0 Å². The molecule has 0 amide bonds. The van der Waals surface area contributed by atoms with Crippen molar-refractivity contribution in [2.45, 2.75) is 18.9 Å². The van der Waals surface area contributed by atoms with Crippen LogP contribution in [0, 0.1) is 0 Å². The van der Waals surface area contributed by atoms with E-state index in [4.69, 9.17) is 9.47 Å². The summed E-state index contributed by atoms with van der Waals surface area (Å²) in [6.07, 6.45) is -1.20. The number of aliphatic hydroxyl groups is 1. The number of carbonyl (C=O) groups excluding carboxylic acids is 1. The lowest BCUT2D eigenvalue weighted by Crippen LogP contribution is -2.25. The van der Waals surface area contributed by atoms with Gasteiger partial charge in [0.1, 0.15) is 0 Å². The number of benzene rings is 1. The smallest absolute Gasteiger partial charge is 0.339 e. The summed E-state index contributed by atoms with van der Waals surface area (Å²) >= 11 is 0. The first-order valence-corrected chi connectivity index (χ1v) is 5.74. The zero-order valence-electron chi connectivity index (χ0n) is 9.76. The van der Waals surface area contributed by atoms with Crippen molar-refractivity contribution in [1.82, 2.24) is 0 Å². The van der Waals surface area contributed by atoms with Crippen molar-refractivity contribution in [3.63, 3.8) is 0 Å². The molecule has 0 spiro atoms. The van der Waals surface area contributed by atoms with Crippen molar-refractivity contribution in [3.8, 4) is 0 Å². The number of aliphatic hydroxyl groups excluding tert-OH is 1. The number of hydrogen-bond acceptors (Lipinski definition) is 4. The average Bonchev–Trinajstić information content (AvgIpc) is 2.26.